The number of urea groups is 1. The Morgan fingerprint density at radius 1 is 0.885 bits per heavy atom. The molecule has 3 aliphatic rings. The average molecular weight is 1160 g/mol. The third-order valence-electron chi connectivity index (χ3n) is 14.6. The first kappa shape index (κ1) is 65.4. The van der Waals surface area contributed by atoms with Gasteiger partial charge in [-0.2, -0.15) is 0 Å². The highest BCUT2D eigenvalue weighted by Crippen LogP contribution is 2.43. The molecule has 0 saturated carbocycles. The number of nitrogens with two attached hydrogens (primary N) is 1. The molecule has 4 rings (SSSR count). The molecule has 19 heteroatoms. The van der Waals surface area contributed by atoms with Gasteiger partial charge in [-0.25, -0.2) is 4.79 Å². The molecule has 3 heterocycles. The van der Waals surface area contributed by atoms with E-state index in [0.717, 1.165) is 24.8 Å². The molecule has 0 radical (unpaired) electrons. The number of aliphatic hydroxyl groups is 1. The third kappa shape index (κ3) is 23.7. The normalized spacial score (nSPS) is 24.0. The molecule has 1 aromatic carbocycles. The van der Waals surface area contributed by atoms with Crippen molar-refractivity contribution in [3.8, 4) is 0 Å². The summed E-state index contributed by atoms with van der Waals surface area (Å²) in [5.74, 6) is -1.72. The number of benzene rings is 1. The summed E-state index contributed by atoms with van der Waals surface area (Å²) in [5.41, 5.74) is 6.81. The van der Waals surface area contributed by atoms with Crippen molar-refractivity contribution >= 4 is 63.0 Å². The molecule has 7 N–H and O–H groups in total. The number of esters is 1. The first-order valence-corrected chi connectivity index (χ1v) is 29.1. The number of carbonyl (C=O) groups is 8. The number of ether oxygens (including phenoxy) is 4. The van der Waals surface area contributed by atoms with Crippen LogP contribution in [0.25, 0.3) is 0 Å². The van der Waals surface area contributed by atoms with Crippen LogP contribution < -0.4 is 27.0 Å². The number of unbranched alkanes of at least 4 members (excludes halogenated alkanes) is 2. The van der Waals surface area contributed by atoms with Gasteiger partial charge >= 0.3 is 12.0 Å². The van der Waals surface area contributed by atoms with Crippen LogP contribution in [-0.4, -0.2) is 125 Å². The molecule has 78 heavy (non-hydrogen) atoms. The molecule has 0 aliphatic carbocycles. The van der Waals surface area contributed by atoms with Crippen LogP contribution in [0.1, 0.15) is 149 Å². The zero-order chi connectivity index (χ0) is 57.4. The van der Waals surface area contributed by atoms with Gasteiger partial charge in [0.2, 0.25) is 17.7 Å². The van der Waals surface area contributed by atoms with Crippen LogP contribution in [0.15, 0.2) is 60.2 Å². The zero-order valence-corrected chi connectivity index (χ0v) is 48.6. The molecule has 3 fully saturated rings. The van der Waals surface area contributed by atoms with Gasteiger partial charge < -0.3 is 51.1 Å². The largest absolute Gasteiger partial charge is 0.461 e. The van der Waals surface area contributed by atoms with Crippen molar-refractivity contribution in [2.75, 3.05) is 25.0 Å². The summed E-state index contributed by atoms with van der Waals surface area (Å²) < 4.78 is 23.8. The molecular weight excluding hydrogens is 1070 g/mol. The molecule has 0 aromatic heterocycles. The van der Waals surface area contributed by atoms with Crippen molar-refractivity contribution in [1.82, 2.24) is 21.3 Å². The number of primary amides is 1. The number of hydrogen-bond donors (Lipinski definition) is 6. The second-order valence-electron chi connectivity index (χ2n) is 22.2. The van der Waals surface area contributed by atoms with E-state index < -0.39 is 53.8 Å². The van der Waals surface area contributed by atoms with Gasteiger partial charge in [0.25, 0.3) is 0 Å². The lowest BCUT2D eigenvalue weighted by Gasteiger charge is -2.39. The Morgan fingerprint density at radius 2 is 1.58 bits per heavy atom. The van der Waals surface area contributed by atoms with Crippen LogP contribution >= 0.6 is 15.9 Å². The number of amides is 5. The minimum atomic E-state index is -0.888. The predicted octanol–water partition coefficient (Wildman–Crippen LogP) is 6.90. The van der Waals surface area contributed by atoms with Gasteiger partial charge in [-0.05, 0) is 93.7 Å². The fourth-order valence-electron chi connectivity index (χ4n) is 9.73. The summed E-state index contributed by atoms with van der Waals surface area (Å²) in [6, 6.07) is 5.36. The van der Waals surface area contributed by atoms with E-state index in [2.05, 4.69) is 50.2 Å². The number of Topliss-reactive ketones (excluding diaryl/α,β-unsaturated/α-hetero) is 3. The molecule has 18 nitrogen and oxygen atoms in total. The van der Waals surface area contributed by atoms with Gasteiger partial charge in [0.05, 0.1) is 42.3 Å². The molecule has 1 spiro atoms. The second-order valence-corrected chi connectivity index (χ2v) is 22.7. The van der Waals surface area contributed by atoms with Crippen molar-refractivity contribution in [3.63, 3.8) is 0 Å². The molecule has 3 aliphatic heterocycles. The van der Waals surface area contributed by atoms with E-state index in [0.29, 0.717) is 68.7 Å². The third-order valence-corrected chi connectivity index (χ3v) is 15.1. The number of rotatable bonds is 34. The van der Waals surface area contributed by atoms with E-state index >= 15 is 0 Å². The van der Waals surface area contributed by atoms with Crippen molar-refractivity contribution < 1.29 is 62.4 Å². The molecule has 434 valence electrons. The number of nitrogens with one attached hydrogen (secondary N) is 4. The van der Waals surface area contributed by atoms with Gasteiger partial charge in [0.1, 0.15) is 36.0 Å². The minimum absolute atomic E-state index is 0.00262. The summed E-state index contributed by atoms with van der Waals surface area (Å²) in [4.78, 5) is 101. The van der Waals surface area contributed by atoms with E-state index in [-0.39, 0.29) is 116 Å². The highest BCUT2D eigenvalue weighted by molar-refractivity contribution is 9.09. The Hall–Kier alpha value is -5.08. The topological polar surface area (TPSA) is 271 Å². The minimum Gasteiger partial charge on any atom is -0.461 e. The van der Waals surface area contributed by atoms with Crippen LogP contribution in [0.4, 0.5) is 4.79 Å². The number of alkyl halides is 1. The lowest BCUT2D eigenvalue weighted by atomic mass is 9.86. The molecule has 5 amide bonds. The Kier molecular flexibility index (Phi) is 28.1. The number of epoxide rings is 1. The Labute approximate surface area is 470 Å². The standard InChI is InChI=1S/C59H88BrN5O13/c1-37(2)17-26-53(69)64-49-29-40(6)51(77-41(49)7)24-18-39(5)19-25-52-56(72)59(36-76-59)33-46(78-52)31-44(66)14-11-16-55(71)75-35-43-22-20-42(21-23-43)30-50(68)48(15-12-28-63-58(61)74)65-57(73)47(38(3)4)32-45(67)13-9-8-10-27-62-54(70)34-60/h17-23,25-26,37-38,40-41,46-49,51-52,56,72H,8-16,24,27-36H2,1-7H3,(H,62,70)(H,64,69)(H,65,73)(H3,61,63,74)/b25-19+,26-17-,39-18+/t40-,41+,46+,47-,48-,49+,51-,52+,56+,59+/m0/s1. The van der Waals surface area contributed by atoms with Crippen LogP contribution in [0.5, 0.6) is 0 Å². The lowest BCUT2D eigenvalue weighted by Crippen LogP contribution is -2.50. The maximum atomic E-state index is 13.7. The van der Waals surface area contributed by atoms with E-state index in [1.165, 1.54) is 0 Å². The first-order chi connectivity index (χ1) is 37.1. The number of carbonyl (C=O) groups excluding carboxylic acids is 8. The molecule has 1 aromatic rings. The first-order valence-electron chi connectivity index (χ1n) is 28.0. The van der Waals surface area contributed by atoms with E-state index in [4.69, 9.17) is 24.7 Å². The Balaban J connectivity index is 1.19. The van der Waals surface area contributed by atoms with E-state index in [1.54, 1.807) is 30.3 Å². The van der Waals surface area contributed by atoms with Crippen LogP contribution in [0.2, 0.25) is 0 Å². The van der Waals surface area contributed by atoms with E-state index in [9.17, 15) is 43.5 Å². The number of aliphatic hydroxyl groups excluding tert-OH is 1. The number of hydrogen-bond acceptors (Lipinski definition) is 13. The molecule has 0 unspecified atom stereocenters. The maximum absolute atomic E-state index is 13.7. The van der Waals surface area contributed by atoms with Crippen molar-refractivity contribution in [3.05, 3.63) is 71.3 Å². The highest BCUT2D eigenvalue weighted by Gasteiger charge is 2.58. The van der Waals surface area contributed by atoms with Crippen LogP contribution in [-0.2, 0) is 65.5 Å². The number of allylic oxidation sites excluding steroid dienone is 3. The summed E-state index contributed by atoms with van der Waals surface area (Å²) in [6.07, 6.45) is 12.7. The monoisotopic (exact) mass is 1150 g/mol. The Bertz CT molecular complexity index is 2250. The van der Waals surface area contributed by atoms with Crippen LogP contribution in [0.3, 0.4) is 0 Å². The molecular formula is C59H88BrN5O13. The SMILES string of the molecule is CC(/C=C/[C@H]1O[C@H](CC(=O)CCCC(=O)OCc2ccc(CC(=O)[C@H](CCCNC(N)=O)NC(=O)[C@@H](CC(=O)CCCCCNC(=O)CBr)C(C)C)cc2)C[C@@]2(CO2)[C@@H]1O)=C\C[C@@H]1O[C@H](C)[C@H](NC(=O)/C=C\C(C)C)C[C@@H]1C. The quantitative estimate of drug-likeness (QED) is 0.0103. The molecule has 10 atom stereocenters. The van der Waals surface area contributed by atoms with Crippen molar-refractivity contribution in [2.45, 2.75) is 200 Å². The lowest BCUT2D eigenvalue weighted by molar-refractivity contribution is -0.145. The summed E-state index contributed by atoms with van der Waals surface area (Å²) in [6.45, 7) is 15.0. The van der Waals surface area contributed by atoms with Crippen molar-refractivity contribution in [2.24, 2.45) is 29.4 Å². The fourth-order valence-corrected chi connectivity index (χ4v) is 9.93. The summed E-state index contributed by atoms with van der Waals surface area (Å²) in [7, 11) is 0. The van der Waals surface area contributed by atoms with E-state index in [1.807, 2.05) is 59.8 Å². The smallest absolute Gasteiger partial charge is 0.312 e. The van der Waals surface area contributed by atoms with Gasteiger partial charge in [-0.15, -0.1) is 0 Å². The van der Waals surface area contributed by atoms with Gasteiger partial charge in [0, 0.05) is 64.0 Å². The molecule has 3 saturated heterocycles. The Morgan fingerprint density at radius 3 is 2.24 bits per heavy atom. The van der Waals surface area contributed by atoms with Crippen molar-refractivity contribution in [1.29, 1.82) is 0 Å². The van der Waals surface area contributed by atoms with Gasteiger partial charge in [0.15, 0.2) is 5.78 Å². The number of halogens is 1. The molecule has 0 bridgehead atoms. The maximum Gasteiger partial charge on any atom is 0.312 e. The fraction of sp³-hybridized carbons (Fsp3) is 0.661. The predicted molar refractivity (Wildman–Crippen MR) is 300 cm³/mol. The zero-order valence-electron chi connectivity index (χ0n) is 47.0. The van der Waals surface area contributed by atoms with Gasteiger partial charge in [-0.1, -0.05) is 111 Å². The highest BCUT2D eigenvalue weighted by atomic mass is 79.9. The average Bonchev–Trinajstić information content (AvgIpc) is 4.17. The summed E-state index contributed by atoms with van der Waals surface area (Å²) in [5, 5.41) is 22.7. The van der Waals surface area contributed by atoms with Crippen LogP contribution in [0, 0.1) is 23.7 Å². The summed E-state index contributed by atoms with van der Waals surface area (Å²) >= 11 is 3.11. The van der Waals surface area contributed by atoms with Gasteiger partial charge in [-0.3, -0.25) is 33.6 Å². The number of ketones is 3. The second kappa shape index (κ2) is 33.5.